The van der Waals surface area contributed by atoms with Crippen molar-refractivity contribution >= 4 is 17.5 Å². The second-order valence-electron chi connectivity index (χ2n) is 7.30. The lowest BCUT2D eigenvalue weighted by Crippen LogP contribution is -2.47. The molecule has 2 N–H and O–H groups in total. The van der Waals surface area contributed by atoms with E-state index in [9.17, 15) is 9.59 Å². The van der Waals surface area contributed by atoms with Crippen LogP contribution in [0.25, 0.3) is 0 Å². The van der Waals surface area contributed by atoms with Crippen LogP contribution in [-0.2, 0) is 4.79 Å². The van der Waals surface area contributed by atoms with Crippen LogP contribution in [-0.4, -0.2) is 46.3 Å². The Labute approximate surface area is 182 Å². The molecular formula is C23H30N2O6. The molecule has 0 saturated heterocycles. The summed E-state index contributed by atoms with van der Waals surface area (Å²) in [4.78, 5) is 26.0. The largest absolute Gasteiger partial charge is 0.495 e. The molecule has 0 unspecified atom stereocenters. The van der Waals surface area contributed by atoms with Gasteiger partial charge in [-0.2, -0.15) is 0 Å². The standard InChI is InChI=1S/C23H30N2O6/c1-13(2)20(23(27)24-16-10-14(3)8-9-17(16)28-4)25-22(26)15-11-18(29-5)21(31-7)19(12-15)30-6/h8-13,20H,1-7H3,(H,24,27)(H,25,26)/t20-/m0/s1. The van der Waals surface area contributed by atoms with Gasteiger partial charge in [0.1, 0.15) is 11.8 Å². The molecule has 31 heavy (non-hydrogen) atoms. The first kappa shape index (κ1) is 23.9. The van der Waals surface area contributed by atoms with Crippen molar-refractivity contribution in [3.8, 4) is 23.0 Å². The van der Waals surface area contributed by atoms with E-state index in [1.807, 2.05) is 32.9 Å². The zero-order chi connectivity index (χ0) is 23.1. The fourth-order valence-electron chi connectivity index (χ4n) is 3.10. The summed E-state index contributed by atoms with van der Waals surface area (Å²) in [5.41, 5.74) is 1.79. The molecule has 0 heterocycles. The van der Waals surface area contributed by atoms with Gasteiger partial charge in [0.25, 0.3) is 5.91 Å². The fraction of sp³-hybridized carbons (Fsp3) is 0.391. The maximum atomic E-state index is 13.0. The summed E-state index contributed by atoms with van der Waals surface area (Å²) < 4.78 is 21.2. The van der Waals surface area contributed by atoms with E-state index in [0.29, 0.717) is 28.7 Å². The molecule has 8 heteroatoms. The lowest BCUT2D eigenvalue weighted by Gasteiger charge is -2.23. The van der Waals surface area contributed by atoms with Gasteiger partial charge >= 0.3 is 0 Å². The molecule has 0 fully saturated rings. The van der Waals surface area contributed by atoms with Gasteiger partial charge in [0, 0.05) is 5.56 Å². The van der Waals surface area contributed by atoms with Gasteiger partial charge < -0.3 is 29.6 Å². The van der Waals surface area contributed by atoms with Crippen LogP contribution in [0.1, 0.15) is 29.8 Å². The van der Waals surface area contributed by atoms with Crippen LogP contribution in [0.5, 0.6) is 23.0 Å². The van der Waals surface area contributed by atoms with Gasteiger partial charge in [-0.3, -0.25) is 9.59 Å². The third-order valence-corrected chi connectivity index (χ3v) is 4.78. The summed E-state index contributed by atoms with van der Waals surface area (Å²) in [6.07, 6.45) is 0. The fourth-order valence-corrected chi connectivity index (χ4v) is 3.10. The van der Waals surface area contributed by atoms with Crippen LogP contribution in [0.15, 0.2) is 30.3 Å². The van der Waals surface area contributed by atoms with Crippen molar-refractivity contribution in [3.63, 3.8) is 0 Å². The summed E-state index contributed by atoms with van der Waals surface area (Å²) in [6.45, 7) is 5.63. The van der Waals surface area contributed by atoms with Gasteiger partial charge in [-0.1, -0.05) is 19.9 Å². The number of amides is 2. The molecule has 0 saturated carbocycles. The van der Waals surface area contributed by atoms with Crippen molar-refractivity contribution < 1.29 is 28.5 Å². The minimum atomic E-state index is -0.781. The molecule has 168 valence electrons. The highest BCUT2D eigenvalue weighted by Gasteiger charge is 2.27. The normalized spacial score (nSPS) is 11.5. The minimum absolute atomic E-state index is 0.165. The Morgan fingerprint density at radius 1 is 0.839 bits per heavy atom. The maximum Gasteiger partial charge on any atom is 0.252 e. The Hall–Kier alpha value is -3.42. The van der Waals surface area contributed by atoms with Crippen LogP contribution in [0.4, 0.5) is 5.69 Å². The highest BCUT2D eigenvalue weighted by Crippen LogP contribution is 2.38. The molecule has 2 rings (SSSR count). The summed E-state index contributed by atoms with van der Waals surface area (Å²) >= 11 is 0. The average Bonchev–Trinajstić information content (AvgIpc) is 2.75. The molecule has 1 atom stereocenters. The summed E-state index contributed by atoms with van der Waals surface area (Å²) in [5.74, 6) is 0.665. The number of anilines is 1. The zero-order valence-electron chi connectivity index (χ0n) is 19.0. The van der Waals surface area contributed by atoms with Crippen molar-refractivity contribution in [2.24, 2.45) is 5.92 Å². The van der Waals surface area contributed by atoms with E-state index in [-0.39, 0.29) is 17.4 Å². The van der Waals surface area contributed by atoms with E-state index in [0.717, 1.165) is 5.56 Å². The van der Waals surface area contributed by atoms with Crippen molar-refractivity contribution in [3.05, 3.63) is 41.5 Å². The highest BCUT2D eigenvalue weighted by molar-refractivity contribution is 6.02. The Bertz CT molecular complexity index is 917. The Balaban J connectivity index is 2.28. The minimum Gasteiger partial charge on any atom is -0.495 e. The predicted molar refractivity (Wildman–Crippen MR) is 119 cm³/mol. The van der Waals surface area contributed by atoms with Gasteiger partial charge in [-0.25, -0.2) is 0 Å². The quantitative estimate of drug-likeness (QED) is 0.633. The molecule has 0 aliphatic heterocycles. The first-order valence-electron chi connectivity index (χ1n) is 9.82. The molecule has 0 spiro atoms. The zero-order valence-corrected chi connectivity index (χ0v) is 19.0. The highest BCUT2D eigenvalue weighted by atomic mass is 16.5. The van der Waals surface area contributed by atoms with Crippen LogP contribution >= 0.6 is 0 Å². The Kier molecular flexibility index (Phi) is 8.13. The number of rotatable bonds is 9. The van der Waals surface area contributed by atoms with E-state index in [4.69, 9.17) is 18.9 Å². The van der Waals surface area contributed by atoms with Crippen molar-refractivity contribution in [1.82, 2.24) is 5.32 Å². The third kappa shape index (κ3) is 5.59. The molecule has 0 aliphatic rings. The Morgan fingerprint density at radius 2 is 1.42 bits per heavy atom. The summed E-state index contributed by atoms with van der Waals surface area (Å²) in [7, 11) is 5.96. The number of nitrogens with one attached hydrogen (secondary N) is 2. The Morgan fingerprint density at radius 3 is 1.90 bits per heavy atom. The van der Waals surface area contributed by atoms with Gasteiger partial charge in [-0.15, -0.1) is 0 Å². The molecule has 0 radical (unpaired) electrons. The molecular weight excluding hydrogens is 400 g/mol. The topological polar surface area (TPSA) is 95.1 Å². The molecule has 8 nitrogen and oxygen atoms in total. The third-order valence-electron chi connectivity index (χ3n) is 4.78. The van der Waals surface area contributed by atoms with E-state index in [1.54, 1.807) is 6.07 Å². The average molecular weight is 431 g/mol. The molecule has 2 aromatic rings. The van der Waals surface area contributed by atoms with E-state index in [1.165, 1.54) is 40.6 Å². The first-order chi connectivity index (χ1) is 14.7. The van der Waals surface area contributed by atoms with E-state index < -0.39 is 11.9 Å². The SMILES string of the molecule is COc1ccc(C)cc1NC(=O)[C@@H](NC(=O)c1cc(OC)c(OC)c(OC)c1)C(C)C. The second-order valence-corrected chi connectivity index (χ2v) is 7.30. The predicted octanol–water partition coefficient (Wildman–Crippen LogP) is 3.42. The van der Waals surface area contributed by atoms with Gasteiger partial charge in [0.2, 0.25) is 11.7 Å². The van der Waals surface area contributed by atoms with E-state index in [2.05, 4.69) is 10.6 Å². The molecule has 2 aromatic carbocycles. The summed E-state index contributed by atoms with van der Waals surface area (Å²) in [6, 6.07) is 7.78. The number of hydrogen-bond donors (Lipinski definition) is 2. The molecule has 0 aliphatic carbocycles. The number of hydrogen-bond acceptors (Lipinski definition) is 6. The van der Waals surface area contributed by atoms with Crippen LogP contribution in [0, 0.1) is 12.8 Å². The van der Waals surface area contributed by atoms with Gasteiger partial charge in [0.15, 0.2) is 11.5 Å². The number of carbonyl (C=O) groups is 2. The smallest absolute Gasteiger partial charge is 0.252 e. The second kappa shape index (κ2) is 10.6. The lowest BCUT2D eigenvalue weighted by molar-refractivity contribution is -0.118. The van der Waals surface area contributed by atoms with Crippen LogP contribution in [0.3, 0.4) is 0 Å². The number of benzene rings is 2. The van der Waals surface area contributed by atoms with Crippen LogP contribution in [0.2, 0.25) is 0 Å². The molecule has 0 bridgehead atoms. The monoisotopic (exact) mass is 430 g/mol. The van der Waals surface area contributed by atoms with E-state index >= 15 is 0 Å². The number of methoxy groups -OCH3 is 4. The first-order valence-corrected chi connectivity index (χ1v) is 9.82. The summed E-state index contributed by atoms with van der Waals surface area (Å²) in [5, 5.41) is 5.66. The van der Waals surface area contributed by atoms with Gasteiger partial charge in [0.05, 0.1) is 34.1 Å². The number of ether oxygens (including phenoxy) is 4. The molecule has 0 aromatic heterocycles. The number of aryl methyl sites for hydroxylation is 1. The van der Waals surface area contributed by atoms with Crippen molar-refractivity contribution in [2.75, 3.05) is 33.8 Å². The number of carbonyl (C=O) groups excluding carboxylic acids is 2. The van der Waals surface area contributed by atoms with Crippen molar-refractivity contribution in [2.45, 2.75) is 26.8 Å². The van der Waals surface area contributed by atoms with Crippen LogP contribution < -0.4 is 29.6 Å². The molecule has 2 amide bonds. The van der Waals surface area contributed by atoms with Gasteiger partial charge in [-0.05, 0) is 42.7 Å². The maximum absolute atomic E-state index is 13.0. The van der Waals surface area contributed by atoms with Crippen molar-refractivity contribution in [1.29, 1.82) is 0 Å². The lowest BCUT2D eigenvalue weighted by atomic mass is 10.0.